The fraction of sp³-hybridized carbons (Fsp3) is 0.385. The van der Waals surface area contributed by atoms with Crippen LogP contribution in [0.3, 0.4) is 0 Å². The fourth-order valence-electron chi connectivity index (χ4n) is 2.24. The van der Waals surface area contributed by atoms with Crippen LogP contribution < -0.4 is 5.32 Å². The molecule has 0 aliphatic carbocycles. The summed E-state index contributed by atoms with van der Waals surface area (Å²) in [6.07, 6.45) is 1.42. The van der Waals surface area contributed by atoms with Gasteiger partial charge in [-0.3, -0.25) is 4.79 Å². The van der Waals surface area contributed by atoms with Crippen molar-refractivity contribution in [2.45, 2.75) is 24.5 Å². The number of halogens is 1. The summed E-state index contributed by atoms with van der Waals surface area (Å²) < 4.78 is 37.1. The van der Waals surface area contributed by atoms with Crippen LogP contribution in [-0.4, -0.2) is 36.4 Å². The quantitative estimate of drug-likeness (QED) is 0.879. The second-order valence-corrected chi connectivity index (χ2v) is 7.14. The first-order valence-corrected chi connectivity index (χ1v) is 8.08. The van der Waals surface area contributed by atoms with Crippen molar-refractivity contribution in [3.05, 3.63) is 29.6 Å². The Kier molecular flexibility index (Phi) is 4.26. The molecular weight excluding hydrogens is 301 g/mol. The summed E-state index contributed by atoms with van der Waals surface area (Å²) in [7, 11) is -3.47. The third-order valence-corrected chi connectivity index (χ3v) is 5.51. The Hall–Kier alpha value is -1.96. The monoisotopic (exact) mass is 315 g/mol. The summed E-state index contributed by atoms with van der Waals surface area (Å²) in [5.74, 6) is -3.15. The van der Waals surface area contributed by atoms with E-state index in [0.717, 1.165) is 12.1 Å². The van der Waals surface area contributed by atoms with Gasteiger partial charge in [0.1, 0.15) is 11.1 Å². The number of hydrogen-bond acceptors (Lipinski definition) is 4. The SMILES string of the molecule is O=C(O)c1ccc(NC(=O)C2CCCCS2(=O)=O)cc1F. The number of carbonyl (C=O) groups is 2. The van der Waals surface area contributed by atoms with E-state index in [0.29, 0.717) is 12.8 Å². The van der Waals surface area contributed by atoms with Gasteiger partial charge in [0, 0.05) is 5.69 Å². The zero-order valence-electron chi connectivity index (χ0n) is 11.0. The van der Waals surface area contributed by atoms with E-state index in [-0.39, 0.29) is 17.9 Å². The molecule has 114 valence electrons. The smallest absolute Gasteiger partial charge is 0.338 e. The Morgan fingerprint density at radius 1 is 1.29 bits per heavy atom. The predicted molar refractivity (Wildman–Crippen MR) is 73.4 cm³/mol. The van der Waals surface area contributed by atoms with E-state index in [1.807, 2.05) is 0 Å². The Bertz CT molecular complexity index is 686. The predicted octanol–water partition coefficient (Wildman–Crippen LogP) is 1.43. The average molecular weight is 315 g/mol. The topological polar surface area (TPSA) is 101 Å². The van der Waals surface area contributed by atoms with E-state index in [1.54, 1.807) is 0 Å². The van der Waals surface area contributed by atoms with Crippen LogP contribution in [0.15, 0.2) is 18.2 Å². The van der Waals surface area contributed by atoms with Gasteiger partial charge in [-0.05, 0) is 31.0 Å². The average Bonchev–Trinajstić information content (AvgIpc) is 2.37. The van der Waals surface area contributed by atoms with Crippen molar-refractivity contribution in [1.29, 1.82) is 0 Å². The molecule has 21 heavy (non-hydrogen) atoms. The highest BCUT2D eigenvalue weighted by molar-refractivity contribution is 7.92. The van der Waals surface area contributed by atoms with Crippen molar-refractivity contribution in [1.82, 2.24) is 0 Å². The second-order valence-electron chi connectivity index (χ2n) is 4.84. The Morgan fingerprint density at radius 3 is 2.57 bits per heavy atom. The minimum Gasteiger partial charge on any atom is -0.478 e. The number of rotatable bonds is 3. The number of aromatic carboxylic acids is 1. The lowest BCUT2D eigenvalue weighted by molar-refractivity contribution is -0.116. The molecule has 0 saturated carbocycles. The molecule has 1 unspecified atom stereocenters. The first kappa shape index (κ1) is 15.4. The maximum Gasteiger partial charge on any atom is 0.338 e. The van der Waals surface area contributed by atoms with Crippen LogP contribution in [0.5, 0.6) is 0 Å². The molecule has 1 aliphatic rings. The molecular formula is C13H14FNO5S. The molecule has 0 spiro atoms. The molecule has 1 aromatic rings. The van der Waals surface area contributed by atoms with E-state index >= 15 is 0 Å². The zero-order chi connectivity index (χ0) is 15.6. The number of sulfone groups is 1. The fourth-order valence-corrected chi connectivity index (χ4v) is 4.04. The number of carbonyl (C=O) groups excluding carboxylic acids is 1. The zero-order valence-corrected chi connectivity index (χ0v) is 11.8. The van der Waals surface area contributed by atoms with Crippen LogP contribution in [0.1, 0.15) is 29.6 Å². The van der Waals surface area contributed by atoms with E-state index < -0.39 is 38.3 Å². The molecule has 1 heterocycles. The van der Waals surface area contributed by atoms with Gasteiger partial charge in [0.2, 0.25) is 5.91 Å². The molecule has 6 nitrogen and oxygen atoms in total. The van der Waals surface area contributed by atoms with Gasteiger partial charge in [-0.15, -0.1) is 0 Å². The van der Waals surface area contributed by atoms with Crippen molar-refractivity contribution in [2.24, 2.45) is 0 Å². The maximum atomic E-state index is 13.5. The van der Waals surface area contributed by atoms with Crippen LogP contribution in [0, 0.1) is 5.82 Å². The number of carboxylic acid groups (broad SMARTS) is 1. The molecule has 0 aromatic heterocycles. The lowest BCUT2D eigenvalue weighted by atomic mass is 10.1. The minimum atomic E-state index is -3.47. The summed E-state index contributed by atoms with van der Waals surface area (Å²) in [5.41, 5.74) is -0.485. The summed E-state index contributed by atoms with van der Waals surface area (Å²) >= 11 is 0. The lowest BCUT2D eigenvalue weighted by Gasteiger charge is -2.21. The Balaban J connectivity index is 2.16. The van der Waals surface area contributed by atoms with Gasteiger partial charge in [0.05, 0.1) is 11.3 Å². The van der Waals surface area contributed by atoms with Gasteiger partial charge >= 0.3 is 5.97 Å². The molecule has 0 bridgehead atoms. The Morgan fingerprint density at radius 2 is 2.00 bits per heavy atom. The molecule has 0 radical (unpaired) electrons. The number of benzene rings is 1. The Labute approximate surface area is 120 Å². The van der Waals surface area contributed by atoms with E-state index in [9.17, 15) is 22.4 Å². The summed E-state index contributed by atoms with van der Waals surface area (Å²) in [6, 6.07) is 3.10. The minimum absolute atomic E-state index is 0.0304. The first-order chi connectivity index (χ1) is 9.81. The largest absolute Gasteiger partial charge is 0.478 e. The van der Waals surface area contributed by atoms with Gasteiger partial charge in [-0.2, -0.15) is 0 Å². The standard InChI is InChI=1S/C13H14FNO5S/c14-10-7-8(4-5-9(10)13(17)18)15-12(16)11-3-1-2-6-21(11,19)20/h4-5,7,11H,1-3,6H2,(H,15,16)(H,17,18). The van der Waals surface area contributed by atoms with Crippen molar-refractivity contribution in [2.75, 3.05) is 11.1 Å². The van der Waals surface area contributed by atoms with E-state index in [1.165, 1.54) is 6.07 Å². The molecule has 1 atom stereocenters. The molecule has 8 heteroatoms. The normalized spacial score (nSPS) is 20.7. The first-order valence-electron chi connectivity index (χ1n) is 6.36. The highest BCUT2D eigenvalue weighted by atomic mass is 32.2. The third-order valence-electron chi connectivity index (χ3n) is 3.34. The van der Waals surface area contributed by atoms with Gasteiger partial charge in [0.25, 0.3) is 0 Å². The van der Waals surface area contributed by atoms with Crippen LogP contribution in [-0.2, 0) is 14.6 Å². The van der Waals surface area contributed by atoms with Gasteiger partial charge < -0.3 is 10.4 Å². The maximum absolute atomic E-state index is 13.5. The highest BCUT2D eigenvalue weighted by Crippen LogP contribution is 2.22. The van der Waals surface area contributed by atoms with Gasteiger partial charge in [-0.25, -0.2) is 17.6 Å². The molecule has 2 rings (SSSR count). The molecule has 1 aromatic carbocycles. The highest BCUT2D eigenvalue weighted by Gasteiger charge is 2.34. The van der Waals surface area contributed by atoms with Crippen molar-refractivity contribution in [3.8, 4) is 0 Å². The van der Waals surface area contributed by atoms with Crippen LogP contribution in [0.4, 0.5) is 10.1 Å². The molecule has 1 amide bonds. The third kappa shape index (κ3) is 3.38. The number of nitrogens with one attached hydrogen (secondary N) is 1. The number of carboxylic acids is 1. The van der Waals surface area contributed by atoms with Gasteiger partial charge in [-0.1, -0.05) is 6.42 Å². The summed E-state index contributed by atoms with van der Waals surface area (Å²) in [4.78, 5) is 22.7. The number of hydrogen-bond donors (Lipinski definition) is 2. The van der Waals surface area contributed by atoms with Crippen LogP contribution >= 0.6 is 0 Å². The van der Waals surface area contributed by atoms with Crippen LogP contribution in [0.25, 0.3) is 0 Å². The second kappa shape index (κ2) is 5.80. The van der Waals surface area contributed by atoms with Gasteiger partial charge in [0.15, 0.2) is 9.84 Å². The van der Waals surface area contributed by atoms with Crippen molar-refractivity contribution in [3.63, 3.8) is 0 Å². The summed E-state index contributed by atoms with van der Waals surface area (Å²) in [5, 5.41) is 9.90. The molecule has 2 N–H and O–H groups in total. The number of anilines is 1. The summed E-state index contributed by atoms with van der Waals surface area (Å²) in [6.45, 7) is 0. The number of amides is 1. The molecule has 1 fully saturated rings. The van der Waals surface area contributed by atoms with Crippen molar-refractivity contribution >= 4 is 27.4 Å². The lowest BCUT2D eigenvalue weighted by Crippen LogP contribution is -2.39. The molecule has 1 aliphatic heterocycles. The van der Waals surface area contributed by atoms with Crippen LogP contribution in [0.2, 0.25) is 0 Å². The van der Waals surface area contributed by atoms with Crippen molar-refractivity contribution < 1.29 is 27.5 Å². The molecule has 1 saturated heterocycles. The van der Waals surface area contributed by atoms with E-state index in [2.05, 4.69) is 5.32 Å². The van der Waals surface area contributed by atoms with E-state index in [4.69, 9.17) is 5.11 Å².